The van der Waals surface area contributed by atoms with Crippen molar-refractivity contribution in [3.8, 4) is 0 Å². The highest BCUT2D eigenvalue weighted by atomic mass is 19.3. The van der Waals surface area contributed by atoms with Gasteiger partial charge in [0.1, 0.15) is 5.76 Å². The van der Waals surface area contributed by atoms with E-state index in [1.54, 1.807) is 6.26 Å². The lowest BCUT2D eigenvalue weighted by molar-refractivity contribution is 0.146. The molecular weight excluding hydrogens is 176 g/mol. The molecule has 0 amide bonds. The minimum absolute atomic E-state index is 0.224. The zero-order valence-electron chi connectivity index (χ0n) is 7.30. The molecule has 13 heavy (non-hydrogen) atoms. The topological polar surface area (TPSA) is 25.2 Å². The summed E-state index contributed by atoms with van der Waals surface area (Å²) in [6, 6.07) is 3.70. The molecule has 0 bridgehead atoms. The molecule has 0 fully saturated rings. The summed E-state index contributed by atoms with van der Waals surface area (Å²) in [6.45, 7) is 0.378. The van der Waals surface area contributed by atoms with Crippen LogP contribution in [0.1, 0.15) is 12.2 Å². The summed E-state index contributed by atoms with van der Waals surface area (Å²) in [5.41, 5.74) is 0. The van der Waals surface area contributed by atoms with Crippen molar-refractivity contribution in [2.24, 2.45) is 0 Å². The van der Waals surface area contributed by atoms with Gasteiger partial charge in [-0.25, -0.2) is 8.78 Å². The van der Waals surface area contributed by atoms with E-state index in [2.05, 4.69) is 5.32 Å². The first-order valence-corrected chi connectivity index (χ1v) is 4.30. The molecule has 1 N–H and O–H groups in total. The Bertz CT molecular complexity index is 211. The van der Waals surface area contributed by atoms with Gasteiger partial charge in [0.2, 0.25) is 0 Å². The third kappa shape index (κ3) is 4.62. The first-order valence-electron chi connectivity index (χ1n) is 4.30. The van der Waals surface area contributed by atoms with Crippen LogP contribution in [0.25, 0.3) is 0 Å². The maximum atomic E-state index is 11.7. The van der Waals surface area contributed by atoms with Crippen molar-refractivity contribution in [1.29, 1.82) is 0 Å². The van der Waals surface area contributed by atoms with Gasteiger partial charge in [-0.05, 0) is 25.1 Å². The standard InChI is InChI=1S/C9H13F2NO/c10-9(11)7-12-5-1-3-8-4-2-6-13-8/h2,4,6,9,12H,1,3,5,7H2. The predicted molar refractivity (Wildman–Crippen MR) is 45.9 cm³/mol. The largest absolute Gasteiger partial charge is 0.469 e. The van der Waals surface area contributed by atoms with Crippen molar-refractivity contribution >= 4 is 0 Å². The molecule has 0 aliphatic carbocycles. The Balaban J connectivity index is 1.96. The average molecular weight is 189 g/mol. The van der Waals surface area contributed by atoms with Crippen LogP contribution < -0.4 is 5.32 Å². The van der Waals surface area contributed by atoms with Crippen LogP contribution in [0.2, 0.25) is 0 Å². The van der Waals surface area contributed by atoms with Gasteiger partial charge in [0.15, 0.2) is 0 Å². The molecule has 1 rings (SSSR count). The third-order valence-corrected chi connectivity index (χ3v) is 1.66. The Morgan fingerprint density at radius 2 is 2.31 bits per heavy atom. The van der Waals surface area contributed by atoms with Crippen molar-refractivity contribution in [3.63, 3.8) is 0 Å². The zero-order chi connectivity index (χ0) is 9.52. The molecule has 1 heterocycles. The van der Waals surface area contributed by atoms with Crippen LogP contribution in [0.3, 0.4) is 0 Å². The molecule has 0 saturated carbocycles. The summed E-state index contributed by atoms with van der Waals surface area (Å²) in [4.78, 5) is 0. The van der Waals surface area contributed by atoms with E-state index in [1.807, 2.05) is 12.1 Å². The lowest BCUT2D eigenvalue weighted by Gasteiger charge is -2.01. The zero-order valence-corrected chi connectivity index (χ0v) is 7.30. The lowest BCUT2D eigenvalue weighted by atomic mass is 10.2. The van der Waals surface area contributed by atoms with E-state index in [1.165, 1.54) is 0 Å². The summed E-state index contributed by atoms with van der Waals surface area (Å²) < 4.78 is 28.4. The van der Waals surface area contributed by atoms with E-state index in [4.69, 9.17) is 4.42 Å². The van der Waals surface area contributed by atoms with E-state index in [0.717, 1.165) is 18.6 Å². The Hall–Kier alpha value is -0.900. The van der Waals surface area contributed by atoms with Crippen LogP contribution in [0, 0.1) is 0 Å². The monoisotopic (exact) mass is 189 g/mol. The fourth-order valence-corrected chi connectivity index (χ4v) is 1.05. The van der Waals surface area contributed by atoms with E-state index < -0.39 is 6.43 Å². The lowest BCUT2D eigenvalue weighted by Crippen LogP contribution is -2.22. The molecule has 0 aliphatic rings. The number of hydrogen-bond donors (Lipinski definition) is 1. The predicted octanol–water partition coefficient (Wildman–Crippen LogP) is 2.07. The summed E-state index contributed by atoms with van der Waals surface area (Å²) in [5, 5.41) is 2.66. The van der Waals surface area contributed by atoms with Crippen LogP contribution in [0.15, 0.2) is 22.8 Å². The average Bonchev–Trinajstić information content (AvgIpc) is 2.55. The summed E-state index contributed by atoms with van der Waals surface area (Å²) >= 11 is 0. The number of furan rings is 1. The molecule has 74 valence electrons. The van der Waals surface area contributed by atoms with Crippen molar-refractivity contribution < 1.29 is 13.2 Å². The molecule has 0 aliphatic heterocycles. The molecule has 0 saturated heterocycles. The molecule has 0 atom stereocenters. The second kappa shape index (κ2) is 5.70. The van der Waals surface area contributed by atoms with Gasteiger partial charge in [0.25, 0.3) is 6.43 Å². The summed E-state index contributed by atoms with van der Waals surface area (Å²) in [7, 11) is 0. The second-order valence-corrected chi connectivity index (χ2v) is 2.78. The Labute approximate surface area is 75.9 Å². The Morgan fingerprint density at radius 1 is 1.46 bits per heavy atom. The fraction of sp³-hybridized carbons (Fsp3) is 0.556. The molecule has 1 aromatic rings. The minimum Gasteiger partial charge on any atom is -0.469 e. The molecule has 0 spiro atoms. The molecule has 1 aromatic heterocycles. The molecule has 0 aromatic carbocycles. The number of halogens is 2. The fourth-order valence-electron chi connectivity index (χ4n) is 1.05. The van der Waals surface area contributed by atoms with Gasteiger partial charge >= 0.3 is 0 Å². The first-order chi connectivity index (χ1) is 6.29. The van der Waals surface area contributed by atoms with Crippen LogP contribution in [-0.2, 0) is 6.42 Å². The third-order valence-electron chi connectivity index (χ3n) is 1.66. The van der Waals surface area contributed by atoms with Gasteiger partial charge in [0.05, 0.1) is 12.8 Å². The van der Waals surface area contributed by atoms with Crippen molar-refractivity contribution in [3.05, 3.63) is 24.2 Å². The van der Waals surface area contributed by atoms with Gasteiger partial charge in [-0.15, -0.1) is 0 Å². The van der Waals surface area contributed by atoms with E-state index in [-0.39, 0.29) is 6.54 Å². The Kier molecular flexibility index (Phi) is 4.46. The van der Waals surface area contributed by atoms with Gasteiger partial charge in [-0.2, -0.15) is 0 Å². The molecule has 0 unspecified atom stereocenters. The maximum absolute atomic E-state index is 11.7. The molecule has 4 heteroatoms. The summed E-state index contributed by atoms with van der Waals surface area (Å²) in [6.07, 6.45) is 0.967. The van der Waals surface area contributed by atoms with Gasteiger partial charge in [-0.1, -0.05) is 0 Å². The number of alkyl halides is 2. The van der Waals surface area contributed by atoms with E-state index in [0.29, 0.717) is 6.54 Å². The number of aryl methyl sites for hydroxylation is 1. The van der Waals surface area contributed by atoms with E-state index in [9.17, 15) is 8.78 Å². The van der Waals surface area contributed by atoms with Gasteiger partial charge in [0, 0.05) is 6.42 Å². The smallest absolute Gasteiger partial charge is 0.250 e. The highest BCUT2D eigenvalue weighted by Crippen LogP contribution is 2.02. The highest BCUT2D eigenvalue weighted by Gasteiger charge is 2.00. The van der Waals surface area contributed by atoms with Crippen molar-refractivity contribution in [2.75, 3.05) is 13.1 Å². The number of rotatable bonds is 6. The van der Waals surface area contributed by atoms with Crippen LogP contribution in [0.5, 0.6) is 0 Å². The van der Waals surface area contributed by atoms with Crippen molar-refractivity contribution in [2.45, 2.75) is 19.3 Å². The summed E-state index contributed by atoms with van der Waals surface area (Å²) in [5.74, 6) is 0.902. The van der Waals surface area contributed by atoms with Crippen LogP contribution in [0.4, 0.5) is 8.78 Å². The Morgan fingerprint density at radius 3 is 2.92 bits per heavy atom. The van der Waals surface area contributed by atoms with E-state index >= 15 is 0 Å². The van der Waals surface area contributed by atoms with Gasteiger partial charge in [-0.3, -0.25) is 0 Å². The molecular formula is C9H13F2NO. The first kappa shape index (κ1) is 10.2. The van der Waals surface area contributed by atoms with Crippen LogP contribution in [-0.4, -0.2) is 19.5 Å². The second-order valence-electron chi connectivity index (χ2n) is 2.78. The number of nitrogens with one attached hydrogen (secondary N) is 1. The minimum atomic E-state index is -2.26. The molecule has 0 radical (unpaired) electrons. The normalized spacial score (nSPS) is 11.0. The van der Waals surface area contributed by atoms with Crippen molar-refractivity contribution in [1.82, 2.24) is 5.32 Å². The molecule has 2 nitrogen and oxygen atoms in total. The quantitative estimate of drug-likeness (QED) is 0.693. The van der Waals surface area contributed by atoms with Gasteiger partial charge < -0.3 is 9.73 Å². The SMILES string of the molecule is FC(F)CNCCCc1ccco1. The number of hydrogen-bond acceptors (Lipinski definition) is 2. The maximum Gasteiger partial charge on any atom is 0.250 e. The highest BCUT2D eigenvalue weighted by molar-refractivity contribution is 4.97. The van der Waals surface area contributed by atoms with Crippen LogP contribution >= 0.6 is 0 Å².